The highest BCUT2D eigenvalue weighted by atomic mass is 16.6. The highest BCUT2D eigenvalue weighted by Crippen LogP contribution is 2.26. The molecule has 2 heterocycles. The fourth-order valence-corrected chi connectivity index (χ4v) is 3.96. The summed E-state index contributed by atoms with van der Waals surface area (Å²) in [5.41, 5.74) is 3.10. The number of nitrogens with zero attached hydrogens (tertiary/aromatic N) is 5. The number of para-hydroxylation sites is 1. The summed E-state index contributed by atoms with van der Waals surface area (Å²) in [4.78, 5) is 27.7. The zero-order valence-corrected chi connectivity index (χ0v) is 18.2. The average molecular weight is 434 g/mol. The van der Waals surface area contributed by atoms with Crippen molar-refractivity contribution >= 4 is 11.6 Å². The first-order valence-corrected chi connectivity index (χ1v) is 10.9. The van der Waals surface area contributed by atoms with Gasteiger partial charge in [0.05, 0.1) is 22.7 Å². The molecular formula is C24H27N5O3. The standard InChI is InChI=1S/C24H27N5O3/c1-26(15-16-27-13-5-6-14-27)23(30)17-20-18-28(21-7-3-2-4-8-21)25-24(20)19-9-11-22(12-10-19)29(31)32/h2-4,7-12,18H,5-6,13-17H2,1H3. The van der Waals surface area contributed by atoms with Gasteiger partial charge in [-0.2, -0.15) is 5.10 Å². The molecule has 0 spiro atoms. The Morgan fingerprint density at radius 1 is 1.09 bits per heavy atom. The van der Waals surface area contributed by atoms with Gasteiger partial charge in [-0.3, -0.25) is 14.9 Å². The van der Waals surface area contributed by atoms with Gasteiger partial charge in [0.2, 0.25) is 5.91 Å². The summed E-state index contributed by atoms with van der Waals surface area (Å²) in [6.07, 6.45) is 4.55. The minimum Gasteiger partial charge on any atom is -0.344 e. The lowest BCUT2D eigenvalue weighted by molar-refractivity contribution is -0.384. The number of likely N-dealkylation sites (tertiary alicyclic amines) is 1. The van der Waals surface area contributed by atoms with Crippen LogP contribution in [0.3, 0.4) is 0 Å². The van der Waals surface area contributed by atoms with Crippen LogP contribution in [0.4, 0.5) is 5.69 Å². The van der Waals surface area contributed by atoms with Crippen molar-refractivity contribution in [1.29, 1.82) is 0 Å². The lowest BCUT2D eigenvalue weighted by atomic mass is 10.1. The highest BCUT2D eigenvalue weighted by Gasteiger charge is 2.19. The number of carbonyl (C=O) groups is 1. The van der Waals surface area contributed by atoms with Gasteiger partial charge >= 0.3 is 0 Å². The number of nitro benzene ring substituents is 1. The van der Waals surface area contributed by atoms with Crippen LogP contribution in [0.2, 0.25) is 0 Å². The Morgan fingerprint density at radius 2 is 1.78 bits per heavy atom. The first-order chi connectivity index (χ1) is 15.5. The molecule has 1 aliphatic heterocycles. The van der Waals surface area contributed by atoms with Gasteiger partial charge in [0.1, 0.15) is 0 Å². The third-order valence-electron chi connectivity index (χ3n) is 5.88. The first kappa shape index (κ1) is 21.7. The van der Waals surface area contributed by atoms with E-state index in [1.165, 1.54) is 25.0 Å². The monoisotopic (exact) mass is 433 g/mol. The van der Waals surface area contributed by atoms with Gasteiger partial charge < -0.3 is 9.80 Å². The number of likely N-dealkylation sites (N-methyl/N-ethyl adjacent to an activating group) is 1. The number of hydrogen-bond donors (Lipinski definition) is 0. The number of nitro groups is 1. The molecule has 4 rings (SSSR count). The predicted octanol–water partition coefficient (Wildman–Crippen LogP) is 3.54. The van der Waals surface area contributed by atoms with Crippen LogP contribution < -0.4 is 0 Å². The van der Waals surface area contributed by atoms with E-state index >= 15 is 0 Å². The third kappa shape index (κ3) is 5.03. The average Bonchev–Trinajstić information content (AvgIpc) is 3.48. The second-order valence-electron chi connectivity index (χ2n) is 8.13. The molecule has 1 aliphatic rings. The fourth-order valence-electron chi connectivity index (χ4n) is 3.96. The van der Waals surface area contributed by atoms with E-state index in [0.29, 0.717) is 12.2 Å². The van der Waals surface area contributed by atoms with E-state index in [0.717, 1.165) is 36.4 Å². The smallest absolute Gasteiger partial charge is 0.269 e. The maximum absolute atomic E-state index is 13.0. The zero-order chi connectivity index (χ0) is 22.5. The molecule has 8 nitrogen and oxygen atoms in total. The second-order valence-corrected chi connectivity index (χ2v) is 8.13. The molecule has 0 aliphatic carbocycles. The summed E-state index contributed by atoms with van der Waals surface area (Å²) in [5, 5.41) is 15.7. The molecule has 2 aromatic carbocycles. The van der Waals surface area contributed by atoms with Crippen LogP contribution >= 0.6 is 0 Å². The number of benzene rings is 2. The fraction of sp³-hybridized carbons (Fsp3) is 0.333. The van der Waals surface area contributed by atoms with Crippen LogP contribution in [-0.4, -0.2) is 63.6 Å². The van der Waals surface area contributed by atoms with Gasteiger partial charge in [-0.05, 0) is 50.2 Å². The molecule has 0 atom stereocenters. The SMILES string of the molecule is CN(CCN1CCCC1)C(=O)Cc1cn(-c2ccccc2)nc1-c1ccc([N+](=O)[O-])cc1. The number of hydrogen-bond acceptors (Lipinski definition) is 5. The van der Waals surface area contributed by atoms with Crippen LogP contribution in [0, 0.1) is 10.1 Å². The number of amides is 1. The largest absolute Gasteiger partial charge is 0.344 e. The number of non-ortho nitro benzene ring substituents is 1. The summed E-state index contributed by atoms with van der Waals surface area (Å²) in [5.74, 6) is 0.0278. The van der Waals surface area contributed by atoms with E-state index in [9.17, 15) is 14.9 Å². The molecule has 8 heteroatoms. The van der Waals surface area contributed by atoms with E-state index in [1.807, 2.05) is 43.6 Å². The Bertz CT molecular complexity index is 1070. The van der Waals surface area contributed by atoms with Crippen molar-refractivity contribution in [2.24, 2.45) is 0 Å². The summed E-state index contributed by atoms with van der Waals surface area (Å²) in [7, 11) is 1.84. The Balaban J connectivity index is 1.57. The van der Waals surface area contributed by atoms with Gasteiger partial charge in [-0.25, -0.2) is 4.68 Å². The van der Waals surface area contributed by atoms with Crippen molar-refractivity contribution in [3.05, 3.63) is 76.5 Å². The van der Waals surface area contributed by atoms with Gasteiger partial charge in [-0.15, -0.1) is 0 Å². The lowest BCUT2D eigenvalue weighted by Crippen LogP contribution is -2.36. The quantitative estimate of drug-likeness (QED) is 0.401. The minimum atomic E-state index is -0.424. The summed E-state index contributed by atoms with van der Waals surface area (Å²) >= 11 is 0. The van der Waals surface area contributed by atoms with E-state index < -0.39 is 4.92 Å². The van der Waals surface area contributed by atoms with E-state index in [1.54, 1.807) is 21.7 Å². The predicted molar refractivity (Wildman–Crippen MR) is 123 cm³/mol. The van der Waals surface area contributed by atoms with Gasteiger partial charge in [-0.1, -0.05) is 18.2 Å². The number of carbonyl (C=O) groups excluding carboxylic acids is 1. The molecular weight excluding hydrogens is 406 g/mol. The molecule has 32 heavy (non-hydrogen) atoms. The molecule has 0 radical (unpaired) electrons. The summed E-state index contributed by atoms with van der Waals surface area (Å²) in [6.45, 7) is 3.80. The number of rotatable bonds is 8. The maximum atomic E-state index is 13.0. The van der Waals surface area contributed by atoms with E-state index in [2.05, 4.69) is 4.90 Å². The number of aromatic nitrogens is 2. The van der Waals surface area contributed by atoms with Crippen molar-refractivity contribution in [1.82, 2.24) is 19.6 Å². The third-order valence-corrected chi connectivity index (χ3v) is 5.88. The Labute approximate surface area is 187 Å². The normalized spacial score (nSPS) is 13.9. The molecule has 0 bridgehead atoms. The van der Waals surface area contributed by atoms with Crippen molar-refractivity contribution in [2.45, 2.75) is 19.3 Å². The molecule has 3 aromatic rings. The lowest BCUT2D eigenvalue weighted by Gasteiger charge is -2.21. The van der Waals surface area contributed by atoms with Crippen molar-refractivity contribution in [3.8, 4) is 16.9 Å². The van der Waals surface area contributed by atoms with Crippen molar-refractivity contribution in [2.75, 3.05) is 33.2 Å². The van der Waals surface area contributed by atoms with Crippen molar-refractivity contribution in [3.63, 3.8) is 0 Å². The van der Waals surface area contributed by atoms with Crippen molar-refractivity contribution < 1.29 is 9.72 Å². The molecule has 0 N–H and O–H groups in total. The second kappa shape index (κ2) is 9.74. The van der Waals surface area contributed by atoms with Gasteiger partial charge in [0.15, 0.2) is 0 Å². The van der Waals surface area contributed by atoms with Gasteiger partial charge in [0.25, 0.3) is 5.69 Å². The van der Waals surface area contributed by atoms with Crippen LogP contribution in [0.15, 0.2) is 60.8 Å². The van der Waals surface area contributed by atoms with Crippen LogP contribution in [0.5, 0.6) is 0 Å². The maximum Gasteiger partial charge on any atom is 0.269 e. The van der Waals surface area contributed by atoms with E-state index in [4.69, 9.17) is 5.10 Å². The molecule has 0 saturated carbocycles. The van der Waals surface area contributed by atoms with Crippen LogP contribution in [0.1, 0.15) is 18.4 Å². The summed E-state index contributed by atoms with van der Waals surface area (Å²) in [6, 6.07) is 16.0. The topological polar surface area (TPSA) is 84.5 Å². The Hall–Kier alpha value is -3.52. The van der Waals surface area contributed by atoms with Crippen LogP contribution in [-0.2, 0) is 11.2 Å². The molecule has 1 aromatic heterocycles. The zero-order valence-electron chi connectivity index (χ0n) is 18.2. The molecule has 166 valence electrons. The first-order valence-electron chi connectivity index (χ1n) is 10.9. The summed E-state index contributed by atoms with van der Waals surface area (Å²) < 4.78 is 1.75. The van der Waals surface area contributed by atoms with Crippen LogP contribution in [0.25, 0.3) is 16.9 Å². The Kier molecular flexibility index (Phi) is 6.61. The molecule has 1 amide bonds. The Morgan fingerprint density at radius 3 is 2.44 bits per heavy atom. The van der Waals surface area contributed by atoms with Gasteiger partial charge in [0, 0.05) is 49.6 Å². The van der Waals surface area contributed by atoms with E-state index in [-0.39, 0.29) is 18.0 Å². The molecule has 1 fully saturated rings. The molecule has 0 unspecified atom stereocenters. The molecule has 1 saturated heterocycles. The highest BCUT2D eigenvalue weighted by molar-refractivity contribution is 5.81. The minimum absolute atomic E-state index is 0.0236.